The highest BCUT2D eigenvalue weighted by atomic mass is 16.4. The number of carbonyl (C=O) groups excluding carboxylic acids is 3. The number of hydrogen-bond donors (Lipinski definition) is 9. The first kappa shape index (κ1) is 32.7. The topological polar surface area (TPSA) is 239 Å². The lowest BCUT2D eigenvalue weighted by molar-refractivity contribution is -0.142. The number of H-pyrrole nitrogens is 1. The molecule has 2 rings (SSSR count). The zero-order chi connectivity index (χ0) is 29.7. The summed E-state index contributed by atoms with van der Waals surface area (Å²) in [6, 6.07) is 2.90. The maximum Gasteiger partial charge on any atom is 0.326 e. The number of aliphatic hydroxyl groups excluding tert-OH is 1. The number of fused-ring (bicyclic) bond motifs is 1. The van der Waals surface area contributed by atoms with E-state index in [-0.39, 0.29) is 19.3 Å². The van der Waals surface area contributed by atoms with Crippen molar-refractivity contribution in [2.75, 3.05) is 13.1 Å². The van der Waals surface area contributed by atoms with E-state index < -0.39 is 54.0 Å². The Labute approximate surface area is 233 Å². The Balaban J connectivity index is 2.08. The van der Waals surface area contributed by atoms with Gasteiger partial charge in [-0.05, 0) is 76.6 Å². The predicted molar refractivity (Wildman–Crippen MR) is 151 cm³/mol. The molecule has 0 fully saturated rings. The molecule has 5 atom stereocenters. The van der Waals surface area contributed by atoms with Crippen LogP contribution in [0, 0.1) is 0 Å². The van der Waals surface area contributed by atoms with E-state index in [2.05, 4.69) is 20.9 Å². The molecule has 2 aromatic rings. The fourth-order valence-electron chi connectivity index (χ4n) is 4.34. The number of aromatic amines is 1. The van der Waals surface area contributed by atoms with Gasteiger partial charge >= 0.3 is 5.97 Å². The summed E-state index contributed by atoms with van der Waals surface area (Å²) in [5, 5.41) is 28.2. The predicted octanol–water partition coefficient (Wildman–Crippen LogP) is -0.784. The molecule has 40 heavy (non-hydrogen) atoms. The van der Waals surface area contributed by atoms with E-state index in [9.17, 15) is 29.4 Å². The molecule has 0 aliphatic carbocycles. The fraction of sp³-hybridized carbons (Fsp3) is 0.556. The van der Waals surface area contributed by atoms with Crippen LogP contribution in [0.3, 0.4) is 0 Å². The number of benzene rings is 1. The number of hydrogen-bond acceptors (Lipinski definition) is 8. The number of rotatable bonds is 18. The maximum atomic E-state index is 13.1. The van der Waals surface area contributed by atoms with Crippen molar-refractivity contribution in [2.45, 2.75) is 82.1 Å². The number of aliphatic hydroxyl groups is 1. The molecule has 3 amide bonds. The highest BCUT2D eigenvalue weighted by molar-refractivity contribution is 5.94. The molecular formula is C27H43N7O6. The Morgan fingerprint density at radius 2 is 1.48 bits per heavy atom. The molecule has 13 nitrogen and oxygen atoms in total. The third kappa shape index (κ3) is 9.90. The number of carboxylic acid groups (broad SMARTS) is 1. The number of nitrogens with one attached hydrogen (secondary N) is 4. The van der Waals surface area contributed by atoms with Crippen molar-refractivity contribution in [2.24, 2.45) is 17.2 Å². The first-order valence-corrected chi connectivity index (χ1v) is 13.6. The van der Waals surface area contributed by atoms with Crippen LogP contribution in [0.5, 0.6) is 0 Å². The molecule has 1 heterocycles. The zero-order valence-corrected chi connectivity index (χ0v) is 22.9. The normalized spacial score (nSPS) is 15.0. The molecular weight excluding hydrogens is 518 g/mol. The fourth-order valence-corrected chi connectivity index (χ4v) is 4.34. The van der Waals surface area contributed by atoms with Crippen molar-refractivity contribution in [1.82, 2.24) is 20.9 Å². The van der Waals surface area contributed by atoms with Gasteiger partial charge in [0.05, 0.1) is 12.1 Å². The minimum absolute atomic E-state index is 0.183. The largest absolute Gasteiger partial charge is 0.480 e. The Bertz CT molecular complexity index is 1120. The number of aliphatic carboxylic acids is 1. The molecule has 1 aromatic carbocycles. The van der Waals surface area contributed by atoms with E-state index in [4.69, 9.17) is 17.2 Å². The minimum Gasteiger partial charge on any atom is -0.480 e. The monoisotopic (exact) mass is 561 g/mol. The molecule has 1 aromatic heterocycles. The van der Waals surface area contributed by atoms with Gasteiger partial charge in [-0.15, -0.1) is 0 Å². The van der Waals surface area contributed by atoms with Crippen LogP contribution in [0.4, 0.5) is 0 Å². The van der Waals surface area contributed by atoms with E-state index in [1.807, 2.05) is 24.3 Å². The summed E-state index contributed by atoms with van der Waals surface area (Å²) in [6.45, 7) is 2.10. The first-order valence-electron chi connectivity index (χ1n) is 13.6. The molecule has 0 radical (unpaired) electrons. The third-order valence-electron chi connectivity index (χ3n) is 6.66. The molecule has 13 heteroatoms. The lowest BCUT2D eigenvalue weighted by Crippen LogP contribution is -2.59. The molecule has 0 saturated heterocycles. The van der Waals surface area contributed by atoms with Crippen molar-refractivity contribution in [3.8, 4) is 0 Å². The zero-order valence-electron chi connectivity index (χ0n) is 22.9. The summed E-state index contributed by atoms with van der Waals surface area (Å²) in [6.07, 6.45) is 3.20. The summed E-state index contributed by atoms with van der Waals surface area (Å²) in [7, 11) is 0. The number of nitrogens with two attached hydrogens (primary N) is 3. The van der Waals surface area contributed by atoms with Gasteiger partial charge in [0.15, 0.2) is 0 Å². The second-order valence-electron chi connectivity index (χ2n) is 9.93. The van der Waals surface area contributed by atoms with Gasteiger partial charge < -0.3 is 48.3 Å². The third-order valence-corrected chi connectivity index (χ3v) is 6.66. The number of unbranched alkanes of at least 4 members (excludes halogenated alkanes) is 2. The molecule has 0 bridgehead atoms. The van der Waals surface area contributed by atoms with Gasteiger partial charge in [0.1, 0.15) is 18.1 Å². The molecule has 12 N–H and O–H groups in total. The number of para-hydroxylation sites is 1. The van der Waals surface area contributed by atoms with Crippen molar-refractivity contribution >= 4 is 34.6 Å². The Hall–Kier alpha value is -3.52. The summed E-state index contributed by atoms with van der Waals surface area (Å²) in [5.74, 6) is -3.33. The standard InChI is InChI=1S/C27H43N7O6/c1-16(35)23(34-24(36)19(30)14-17-15-31-20-9-3-2-8-18(17)20)26(38)32-21(10-4-6-12-28)25(37)33-22(27(39)40)11-5-7-13-29/h2-3,8-9,15-16,19,21-23,31,35H,4-7,10-14,28-30H2,1H3,(H,32,38)(H,33,37)(H,34,36)(H,39,40). The molecule has 222 valence electrons. The summed E-state index contributed by atoms with van der Waals surface area (Å²) < 4.78 is 0. The quantitative estimate of drug-likeness (QED) is 0.104. The highest BCUT2D eigenvalue weighted by Crippen LogP contribution is 2.19. The van der Waals surface area contributed by atoms with Gasteiger partial charge in [0.25, 0.3) is 0 Å². The van der Waals surface area contributed by atoms with Crippen molar-refractivity contribution in [3.63, 3.8) is 0 Å². The molecule has 0 aliphatic rings. The summed E-state index contributed by atoms with van der Waals surface area (Å²) >= 11 is 0. The highest BCUT2D eigenvalue weighted by Gasteiger charge is 2.32. The van der Waals surface area contributed by atoms with Crippen LogP contribution >= 0.6 is 0 Å². The van der Waals surface area contributed by atoms with E-state index in [1.165, 1.54) is 6.92 Å². The first-order chi connectivity index (χ1) is 19.1. The molecule has 0 saturated carbocycles. The summed E-state index contributed by atoms with van der Waals surface area (Å²) in [4.78, 5) is 53.8. The van der Waals surface area contributed by atoms with Gasteiger partial charge in [-0.3, -0.25) is 14.4 Å². The second-order valence-corrected chi connectivity index (χ2v) is 9.93. The Kier molecular flexibility index (Phi) is 13.5. The SMILES string of the molecule is CC(O)C(NC(=O)C(N)Cc1c[nH]c2ccccc12)C(=O)NC(CCCCN)C(=O)NC(CCCCN)C(=O)O. The van der Waals surface area contributed by atoms with Gasteiger partial charge in [-0.1, -0.05) is 18.2 Å². The van der Waals surface area contributed by atoms with Gasteiger partial charge in [0, 0.05) is 17.1 Å². The van der Waals surface area contributed by atoms with E-state index >= 15 is 0 Å². The van der Waals surface area contributed by atoms with E-state index in [0.29, 0.717) is 38.8 Å². The smallest absolute Gasteiger partial charge is 0.326 e. The minimum atomic E-state index is -1.40. The number of amides is 3. The van der Waals surface area contributed by atoms with Crippen molar-refractivity contribution < 1.29 is 29.4 Å². The van der Waals surface area contributed by atoms with Gasteiger partial charge in [-0.25, -0.2) is 4.79 Å². The second kappa shape index (κ2) is 16.6. The Morgan fingerprint density at radius 1 is 0.875 bits per heavy atom. The van der Waals surface area contributed by atoms with Crippen LogP contribution in [0.1, 0.15) is 51.0 Å². The van der Waals surface area contributed by atoms with Crippen molar-refractivity contribution in [1.29, 1.82) is 0 Å². The number of aromatic nitrogens is 1. The van der Waals surface area contributed by atoms with E-state index in [0.717, 1.165) is 16.5 Å². The van der Waals surface area contributed by atoms with Gasteiger partial charge in [0.2, 0.25) is 17.7 Å². The maximum absolute atomic E-state index is 13.1. The van der Waals surface area contributed by atoms with Crippen LogP contribution in [0.2, 0.25) is 0 Å². The van der Waals surface area contributed by atoms with Crippen molar-refractivity contribution in [3.05, 3.63) is 36.0 Å². The average Bonchev–Trinajstić information content (AvgIpc) is 3.32. The molecule has 0 spiro atoms. The van der Waals surface area contributed by atoms with Gasteiger partial charge in [-0.2, -0.15) is 0 Å². The van der Waals surface area contributed by atoms with Crippen LogP contribution in [-0.4, -0.2) is 82.2 Å². The lowest BCUT2D eigenvalue weighted by atomic mass is 10.0. The van der Waals surface area contributed by atoms with E-state index in [1.54, 1.807) is 6.20 Å². The lowest BCUT2D eigenvalue weighted by Gasteiger charge is -2.26. The molecule has 0 aliphatic heterocycles. The van der Waals surface area contributed by atoms with Crippen LogP contribution in [0.25, 0.3) is 10.9 Å². The van der Waals surface area contributed by atoms with Crippen LogP contribution < -0.4 is 33.2 Å². The number of carboxylic acids is 1. The summed E-state index contributed by atoms with van der Waals surface area (Å²) in [5.41, 5.74) is 18.9. The van der Waals surface area contributed by atoms with Crippen LogP contribution in [0.15, 0.2) is 30.5 Å². The Morgan fingerprint density at radius 3 is 2.08 bits per heavy atom. The number of carbonyl (C=O) groups is 4. The average molecular weight is 562 g/mol. The molecule has 5 unspecified atom stereocenters. The van der Waals surface area contributed by atoms with Crippen LogP contribution in [-0.2, 0) is 25.6 Å².